The van der Waals surface area contributed by atoms with Crippen LogP contribution in [0.2, 0.25) is 0 Å². The van der Waals surface area contributed by atoms with Crippen molar-refractivity contribution in [3.63, 3.8) is 0 Å². The monoisotopic (exact) mass is 754 g/mol. The van der Waals surface area contributed by atoms with Crippen molar-refractivity contribution >= 4 is 64.6 Å². The molecule has 60 heavy (non-hydrogen) atoms. The molecular weight excluding hydrogens is 721 g/mol. The molecule has 2 aliphatic carbocycles. The van der Waals surface area contributed by atoms with Crippen LogP contribution in [0, 0.1) is 0 Å². The lowest BCUT2D eigenvalue weighted by Crippen LogP contribution is -1.94. The van der Waals surface area contributed by atoms with Crippen LogP contribution in [0.15, 0.2) is 206 Å². The van der Waals surface area contributed by atoms with Crippen LogP contribution in [0.25, 0.3) is 143 Å². The number of fused-ring (bicyclic) bond motifs is 11. The third-order valence-electron chi connectivity index (χ3n) is 13.7. The summed E-state index contributed by atoms with van der Waals surface area (Å²) in [4.78, 5) is 0. The van der Waals surface area contributed by atoms with Crippen LogP contribution < -0.4 is 0 Å². The first-order valence-electron chi connectivity index (χ1n) is 21.0. The van der Waals surface area contributed by atoms with Crippen LogP contribution in [0.4, 0.5) is 0 Å². The van der Waals surface area contributed by atoms with Gasteiger partial charge < -0.3 is 0 Å². The van der Waals surface area contributed by atoms with Crippen molar-refractivity contribution in [2.45, 2.75) is 0 Å². The minimum Gasteiger partial charge on any atom is -0.0616 e. The maximum Gasteiger partial charge on any atom is -0.00199 e. The van der Waals surface area contributed by atoms with Crippen LogP contribution in [0.1, 0.15) is 0 Å². The standard InChI is InChI=1S/C60H34/c1-2-14-37-35(13-1)33-55(43-20-8-3-15-38(37)43)36-27-28-54-56(34-36)60(53-32-30-51-42-19-7-5-17-40(42)45-24-12-26-49(53)58(45)51)47-22-10-9-21-46(47)59(54)52-31-29-50-41-18-6-4-16-39(41)44-23-11-25-48(52)57(44)50/h1-34H. The Morgan fingerprint density at radius 2 is 0.583 bits per heavy atom. The Morgan fingerprint density at radius 1 is 0.183 bits per heavy atom. The van der Waals surface area contributed by atoms with Crippen LogP contribution >= 0.6 is 0 Å². The normalized spacial score (nSPS) is 12.3. The maximum absolute atomic E-state index is 2.51. The lowest BCUT2D eigenvalue weighted by atomic mass is 9.81. The average molecular weight is 755 g/mol. The summed E-state index contributed by atoms with van der Waals surface area (Å²) in [6.45, 7) is 0. The number of benzene rings is 12. The van der Waals surface area contributed by atoms with Gasteiger partial charge in [0.1, 0.15) is 0 Å². The van der Waals surface area contributed by atoms with Gasteiger partial charge in [0, 0.05) is 0 Å². The maximum atomic E-state index is 2.51. The molecule has 14 rings (SSSR count). The fourth-order valence-electron chi connectivity index (χ4n) is 11.3. The van der Waals surface area contributed by atoms with E-state index < -0.39 is 0 Å². The molecule has 2 aliphatic rings. The Balaban J connectivity index is 1.13. The van der Waals surface area contributed by atoms with E-state index in [-0.39, 0.29) is 0 Å². The van der Waals surface area contributed by atoms with Crippen LogP contribution in [-0.2, 0) is 0 Å². The Kier molecular flexibility index (Phi) is 6.38. The van der Waals surface area contributed by atoms with Gasteiger partial charge in [0.05, 0.1) is 0 Å². The van der Waals surface area contributed by atoms with Gasteiger partial charge in [0.15, 0.2) is 0 Å². The lowest BCUT2D eigenvalue weighted by Gasteiger charge is -2.21. The fraction of sp³-hybridized carbons (Fsp3) is 0. The highest BCUT2D eigenvalue weighted by molar-refractivity contribution is 6.29. The van der Waals surface area contributed by atoms with E-state index in [0.717, 1.165) is 0 Å². The molecular formula is C60H34. The molecule has 0 saturated heterocycles. The van der Waals surface area contributed by atoms with Crippen molar-refractivity contribution in [3.8, 4) is 77.9 Å². The Labute approximate surface area is 347 Å². The molecule has 0 spiro atoms. The quantitative estimate of drug-likeness (QED) is 0.124. The van der Waals surface area contributed by atoms with E-state index in [1.807, 2.05) is 0 Å². The van der Waals surface area contributed by atoms with E-state index in [4.69, 9.17) is 0 Å². The highest BCUT2D eigenvalue weighted by Crippen LogP contribution is 2.54. The molecule has 0 radical (unpaired) electrons. The second-order valence-electron chi connectivity index (χ2n) is 16.6. The minimum absolute atomic E-state index is 1.22. The van der Waals surface area contributed by atoms with Crippen molar-refractivity contribution in [2.75, 3.05) is 0 Å². The summed E-state index contributed by atoms with van der Waals surface area (Å²) in [6, 6.07) is 77.7. The summed E-state index contributed by atoms with van der Waals surface area (Å²) in [5.41, 5.74) is 18.2. The van der Waals surface area contributed by atoms with Gasteiger partial charge in [-0.1, -0.05) is 194 Å². The number of rotatable bonds is 3. The molecule has 12 aromatic rings. The van der Waals surface area contributed by atoms with Gasteiger partial charge in [0.25, 0.3) is 0 Å². The first-order chi connectivity index (χ1) is 29.8. The van der Waals surface area contributed by atoms with E-state index in [1.54, 1.807) is 0 Å². The SMILES string of the molecule is c1ccc2c(c1)-c1cccc3c(-c4c5ccccc5c(-c5ccc6c7c(cccc57)-c5ccccc5-6)c5cc(-c6cc7ccccc7c7ccccc67)ccc45)ccc-2c13. The van der Waals surface area contributed by atoms with Gasteiger partial charge >= 0.3 is 0 Å². The third-order valence-corrected chi connectivity index (χ3v) is 13.7. The molecule has 274 valence electrons. The summed E-state index contributed by atoms with van der Waals surface area (Å²) in [7, 11) is 0. The van der Waals surface area contributed by atoms with Gasteiger partial charge in [-0.3, -0.25) is 0 Å². The third kappa shape index (κ3) is 4.19. The molecule has 0 bridgehead atoms. The first kappa shape index (κ1) is 32.2. The zero-order chi connectivity index (χ0) is 39.1. The molecule has 0 unspecified atom stereocenters. The fourth-order valence-corrected chi connectivity index (χ4v) is 11.3. The Morgan fingerprint density at radius 3 is 1.17 bits per heavy atom. The summed E-state index contributed by atoms with van der Waals surface area (Å²) in [5.74, 6) is 0. The van der Waals surface area contributed by atoms with Gasteiger partial charge in [-0.2, -0.15) is 0 Å². The van der Waals surface area contributed by atoms with Crippen molar-refractivity contribution in [3.05, 3.63) is 206 Å². The smallest absolute Gasteiger partial charge is 0.00199 e. The van der Waals surface area contributed by atoms with E-state index in [0.29, 0.717) is 0 Å². The largest absolute Gasteiger partial charge is 0.0616 e. The molecule has 0 atom stereocenters. The number of hydrogen-bond acceptors (Lipinski definition) is 0. The van der Waals surface area contributed by atoms with Gasteiger partial charge in [0.2, 0.25) is 0 Å². The molecule has 12 aromatic carbocycles. The van der Waals surface area contributed by atoms with Crippen LogP contribution in [0.5, 0.6) is 0 Å². The second kappa shape index (κ2) is 11.9. The van der Waals surface area contributed by atoms with E-state index >= 15 is 0 Å². The van der Waals surface area contributed by atoms with Gasteiger partial charge in [-0.05, 0) is 155 Å². The molecule has 0 amide bonds. The second-order valence-corrected chi connectivity index (χ2v) is 16.6. The molecule has 0 fully saturated rings. The van der Waals surface area contributed by atoms with E-state index in [2.05, 4.69) is 206 Å². The summed E-state index contributed by atoms with van der Waals surface area (Å²) < 4.78 is 0. The zero-order valence-corrected chi connectivity index (χ0v) is 32.6. The lowest BCUT2D eigenvalue weighted by molar-refractivity contribution is 1.67. The minimum atomic E-state index is 1.22. The van der Waals surface area contributed by atoms with Crippen molar-refractivity contribution in [1.29, 1.82) is 0 Å². The first-order valence-corrected chi connectivity index (χ1v) is 21.0. The molecule has 0 N–H and O–H groups in total. The average Bonchev–Trinajstić information content (AvgIpc) is 3.82. The molecule has 0 aromatic heterocycles. The van der Waals surface area contributed by atoms with Crippen molar-refractivity contribution in [1.82, 2.24) is 0 Å². The summed E-state index contributed by atoms with van der Waals surface area (Å²) >= 11 is 0. The molecule has 0 aliphatic heterocycles. The van der Waals surface area contributed by atoms with Gasteiger partial charge in [-0.15, -0.1) is 0 Å². The van der Waals surface area contributed by atoms with E-state index in [9.17, 15) is 0 Å². The molecule has 0 heteroatoms. The van der Waals surface area contributed by atoms with Crippen LogP contribution in [0.3, 0.4) is 0 Å². The summed E-state index contributed by atoms with van der Waals surface area (Å²) in [5, 5.41) is 15.5. The Hall–Kier alpha value is -7.80. The topological polar surface area (TPSA) is 0 Å². The van der Waals surface area contributed by atoms with Crippen molar-refractivity contribution < 1.29 is 0 Å². The highest BCUT2D eigenvalue weighted by atomic mass is 14.3. The predicted molar refractivity (Wildman–Crippen MR) is 257 cm³/mol. The molecule has 0 heterocycles. The number of hydrogen-bond donors (Lipinski definition) is 0. The van der Waals surface area contributed by atoms with E-state index in [1.165, 1.54) is 143 Å². The predicted octanol–water partition coefficient (Wildman–Crippen LogP) is 16.9. The highest BCUT2D eigenvalue weighted by Gasteiger charge is 2.27. The van der Waals surface area contributed by atoms with Gasteiger partial charge in [-0.25, -0.2) is 0 Å². The Bertz CT molecular complexity index is 3820. The van der Waals surface area contributed by atoms with Crippen LogP contribution in [-0.4, -0.2) is 0 Å². The van der Waals surface area contributed by atoms with Crippen molar-refractivity contribution in [2.24, 2.45) is 0 Å². The zero-order valence-electron chi connectivity index (χ0n) is 32.6. The molecule has 0 nitrogen and oxygen atoms in total. The molecule has 0 saturated carbocycles. The summed E-state index contributed by atoms with van der Waals surface area (Å²) in [6.07, 6.45) is 0.